The van der Waals surface area contributed by atoms with Crippen LogP contribution in [0.5, 0.6) is 0 Å². The van der Waals surface area contributed by atoms with Gasteiger partial charge in [0.15, 0.2) is 0 Å². The standard InChI is InChI=1S/C15H23N3S/c1-5-7-16-12(3)14-6-8-18(9-14)10-15-17-11(2)13(4)19-15/h6,8-9,12,16H,5,7,10H2,1-4H3. The summed E-state index contributed by atoms with van der Waals surface area (Å²) in [5.74, 6) is 0. The first-order valence-corrected chi connectivity index (χ1v) is 7.73. The Morgan fingerprint density at radius 3 is 2.84 bits per heavy atom. The largest absolute Gasteiger partial charge is 0.347 e. The maximum atomic E-state index is 4.59. The van der Waals surface area contributed by atoms with Crippen LogP contribution in [0, 0.1) is 13.8 Å². The summed E-state index contributed by atoms with van der Waals surface area (Å²) in [5.41, 5.74) is 2.50. The fourth-order valence-electron chi connectivity index (χ4n) is 2.06. The van der Waals surface area contributed by atoms with Gasteiger partial charge in [-0.3, -0.25) is 0 Å². The second-order valence-corrected chi connectivity index (χ2v) is 6.33. The van der Waals surface area contributed by atoms with Gasteiger partial charge in [0, 0.05) is 23.3 Å². The Morgan fingerprint density at radius 2 is 2.21 bits per heavy atom. The van der Waals surface area contributed by atoms with Gasteiger partial charge in [-0.05, 0) is 45.4 Å². The Bertz CT molecular complexity index is 508. The van der Waals surface area contributed by atoms with Crippen molar-refractivity contribution in [3.8, 4) is 0 Å². The maximum absolute atomic E-state index is 4.59. The molecule has 2 rings (SSSR count). The highest BCUT2D eigenvalue weighted by molar-refractivity contribution is 7.11. The van der Waals surface area contributed by atoms with Gasteiger partial charge in [-0.15, -0.1) is 11.3 Å². The van der Waals surface area contributed by atoms with Gasteiger partial charge in [0.1, 0.15) is 5.01 Å². The molecule has 0 bridgehead atoms. The van der Waals surface area contributed by atoms with Crippen LogP contribution in [0.4, 0.5) is 0 Å². The van der Waals surface area contributed by atoms with Crippen molar-refractivity contribution in [1.82, 2.24) is 14.9 Å². The van der Waals surface area contributed by atoms with Crippen LogP contribution in [-0.2, 0) is 6.54 Å². The lowest BCUT2D eigenvalue weighted by molar-refractivity contribution is 0.569. The van der Waals surface area contributed by atoms with Gasteiger partial charge in [-0.25, -0.2) is 4.98 Å². The number of nitrogens with zero attached hydrogens (tertiary/aromatic N) is 2. The highest BCUT2D eigenvalue weighted by atomic mass is 32.1. The highest BCUT2D eigenvalue weighted by Gasteiger charge is 2.08. The Hall–Kier alpha value is -1.13. The molecule has 0 radical (unpaired) electrons. The molecule has 3 nitrogen and oxygen atoms in total. The molecule has 0 fully saturated rings. The minimum Gasteiger partial charge on any atom is -0.347 e. The molecule has 19 heavy (non-hydrogen) atoms. The van der Waals surface area contributed by atoms with Crippen LogP contribution in [0.3, 0.4) is 0 Å². The molecular formula is C15H23N3S. The molecule has 0 saturated carbocycles. The third-order valence-electron chi connectivity index (χ3n) is 3.36. The van der Waals surface area contributed by atoms with E-state index < -0.39 is 0 Å². The molecule has 4 heteroatoms. The third kappa shape index (κ3) is 3.67. The van der Waals surface area contributed by atoms with Crippen molar-refractivity contribution < 1.29 is 0 Å². The Morgan fingerprint density at radius 1 is 1.42 bits per heavy atom. The first-order chi connectivity index (χ1) is 9.10. The number of aromatic nitrogens is 2. The molecule has 0 amide bonds. The van der Waals surface area contributed by atoms with Crippen LogP contribution < -0.4 is 5.32 Å². The van der Waals surface area contributed by atoms with Crippen molar-refractivity contribution in [2.45, 2.75) is 46.7 Å². The van der Waals surface area contributed by atoms with E-state index in [0.717, 1.165) is 18.8 Å². The zero-order valence-corrected chi connectivity index (χ0v) is 13.0. The fraction of sp³-hybridized carbons (Fsp3) is 0.533. The quantitative estimate of drug-likeness (QED) is 0.873. The predicted octanol–water partition coefficient (Wildman–Crippen LogP) is 3.67. The van der Waals surface area contributed by atoms with E-state index in [1.165, 1.54) is 21.9 Å². The number of nitrogens with one attached hydrogen (secondary N) is 1. The minimum atomic E-state index is 0.418. The molecule has 0 aliphatic carbocycles. The van der Waals surface area contributed by atoms with E-state index in [1.807, 2.05) is 0 Å². The van der Waals surface area contributed by atoms with Gasteiger partial charge in [0.05, 0.1) is 12.2 Å². The van der Waals surface area contributed by atoms with Gasteiger partial charge >= 0.3 is 0 Å². The van der Waals surface area contributed by atoms with Crippen LogP contribution in [0.2, 0.25) is 0 Å². The van der Waals surface area contributed by atoms with Crippen molar-refractivity contribution >= 4 is 11.3 Å². The summed E-state index contributed by atoms with van der Waals surface area (Å²) in [4.78, 5) is 5.91. The SMILES string of the molecule is CCCNC(C)c1ccn(Cc2nc(C)c(C)s2)c1. The molecule has 1 atom stereocenters. The van der Waals surface area contributed by atoms with Crippen LogP contribution >= 0.6 is 11.3 Å². The van der Waals surface area contributed by atoms with Crippen LogP contribution in [0.15, 0.2) is 18.5 Å². The normalized spacial score (nSPS) is 12.8. The molecule has 2 aromatic rings. The zero-order valence-electron chi connectivity index (χ0n) is 12.2. The monoisotopic (exact) mass is 277 g/mol. The first kappa shape index (κ1) is 14.3. The summed E-state index contributed by atoms with van der Waals surface area (Å²) in [5, 5.41) is 4.70. The van der Waals surface area contributed by atoms with Crippen molar-refractivity contribution in [2.24, 2.45) is 0 Å². The van der Waals surface area contributed by atoms with E-state index in [9.17, 15) is 0 Å². The van der Waals surface area contributed by atoms with Crippen molar-refractivity contribution in [1.29, 1.82) is 0 Å². The van der Waals surface area contributed by atoms with Gasteiger partial charge in [-0.2, -0.15) is 0 Å². The lowest BCUT2D eigenvalue weighted by atomic mass is 10.2. The molecule has 2 heterocycles. The lowest BCUT2D eigenvalue weighted by Gasteiger charge is -2.11. The minimum absolute atomic E-state index is 0.418. The topological polar surface area (TPSA) is 29.9 Å². The Kier molecular flexibility index (Phi) is 4.77. The molecule has 0 aliphatic heterocycles. The second kappa shape index (κ2) is 6.35. The summed E-state index contributed by atoms with van der Waals surface area (Å²) < 4.78 is 2.22. The van der Waals surface area contributed by atoms with Gasteiger partial charge in [0.25, 0.3) is 0 Å². The molecule has 0 saturated heterocycles. The van der Waals surface area contributed by atoms with E-state index in [4.69, 9.17) is 0 Å². The molecular weight excluding hydrogens is 254 g/mol. The van der Waals surface area contributed by atoms with Crippen molar-refractivity contribution in [3.63, 3.8) is 0 Å². The van der Waals surface area contributed by atoms with E-state index in [0.29, 0.717) is 6.04 Å². The summed E-state index contributed by atoms with van der Waals surface area (Å²) >= 11 is 1.79. The van der Waals surface area contributed by atoms with E-state index in [-0.39, 0.29) is 0 Å². The van der Waals surface area contributed by atoms with Gasteiger partial charge in [0.2, 0.25) is 0 Å². The molecule has 2 aromatic heterocycles. The smallest absolute Gasteiger partial charge is 0.113 e. The number of thiazole rings is 1. The number of aryl methyl sites for hydroxylation is 2. The average Bonchev–Trinajstić information content (AvgIpc) is 2.95. The van der Waals surface area contributed by atoms with E-state index in [2.05, 4.69) is 61.0 Å². The first-order valence-electron chi connectivity index (χ1n) is 6.92. The highest BCUT2D eigenvalue weighted by Crippen LogP contribution is 2.19. The van der Waals surface area contributed by atoms with Crippen LogP contribution in [-0.4, -0.2) is 16.1 Å². The summed E-state index contributed by atoms with van der Waals surface area (Å²) in [6.45, 7) is 10.6. The summed E-state index contributed by atoms with van der Waals surface area (Å²) in [6, 6.07) is 2.61. The van der Waals surface area contributed by atoms with Crippen LogP contribution in [0.25, 0.3) is 0 Å². The zero-order chi connectivity index (χ0) is 13.8. The molecule has 1 unspecified atom stereocenters. The predicted molar refractivity (Wildman–Crippen MR) is 81.8 cm³/mol. The molecule has 0 aromatic carbocycles. The molecule has 1 N–H and O–H groups in total. The summed E-state index contributed by atoms with van der Waals surface area (Å²) in [7, 11) is 0. The molecule has 0 aliphatic rings. The fourth-order valence-corrected chi connectivity index (χ4v) is 3.00. The van der Waals surface area contributed by atoms with E-state index in [1.54, 1.807) is 11.3 Å². The lowest BCUT2D eigenvalue weighted by Crippen LogP contribution is -2.18. The van der Waals surface area contributed by atoms with E-state index >= 15 is 0 Å². The molecule has 104 valence electrons. The second-order valence-electron chi connectivity index (χ2n) is 5.04. The average molecular weight is 277 g/mol. The number of rotatable bonds is 6. The van der Waals surface area contributed by atoms with Gasteiger partial charge < -0.3 is 9.88 Å². The van der Waals surface area contributed by atoms with Crippen LogP contribution in [0.1, 0.15) is 47.5 Å². The van der Waals surface area contributed by atoms with Crippen molar-refractivity contribution in [3.05, 3.63) is 39.6 Å². The number of hydrogen-bond acceptors (Lipinski definition) is 3. The maximum Gasteiger partial charge on any atom is 0.113 e. The van der Waals surface area contributed by atoms with Crippen molar-refractivity contribution in [2.75, 3.05) is 6.54 Å². The number of hydrogen-bond donors (Lipinski definition) is 1. The molecule has 0 spiro atoms. The summed E-state index contributed by atoms with van der Waals surface area (Å²) in [6.07, 6.45) is 5.54. The third-order valence-corrected chi connectivity index (χ3v) is 4.42. The Labute approximate surface area is 119 Å². The van der Waals surface area contributed by atoms with Gasteiger partial charge in [-0.1, -0.05) is 6.92 Å². The Balaban J connectivity index is 2.00.